The van der Waals surface area contributed by atoms with Gasteiger partial charge < -0.3 is 0 Å². The largest absolute Gasteiger partial charge is 0.297 e. The van der Waals surface area contributed by atoms with Crippen molar-refractivity contribution >= 4 is 5.78 Å². The monoisotopic (exact) mass is 394 g/mol. The molecule has 0 bridgehead atoms. The van der Waals surface area contributed by atoms with Gasteiger partial charge in [-0.25, -0.2) is 0 Å². The first-order valence-corrected chi connectivity index (χ1v) is 12.4. The lowest BCUT2D eigenvalue weighted by molar-refractivity contribution is -0.131. The molecule has 1 spiro atoms. The van der Waals surface area contributed by atoms with Crippen LogP contribution in [0.4, 0.5) is 0 Å². The summed E-state index contributed by atoms with van der Waals surface area (Å²) in [5.41, 5.74) is 2.15. The van der Waals surface area contributed by atoms with Gasteiger partial charge in [-0.3, -0.25) is 9.48 Å². The highest BCUT2D eigenvalue weighted by atomic mass is 16.1. The maximum atomic E-state index is 13.3. The van der Waals surface area contributed by atoms with Gasteiger partial charge in [-0.2, -0.15) is 5.10 Å². The van der Waals surface area contributed by atoms with Crippen LogP contribution >= 0.6 is 0 Å². The summed E-state index contributed by atoms with van der Waals surface area (Å²) in [6, 6.07) is 0. The van der Waals surface area contributed by atoms with Crippen LogP contribution in [0.1, 0.15) is 77.2 Å². The third kappa shape index (κ3) is 2.54. The Morgan fingerprint density at radius 1 is 1.07 bits per heavy atom. The lowest BCUT2D eigenvalue weighted by Gasteiger charge is -2.56. The molecule has 0 saturated heterocycles. The molecule has 29 heavy (non-hydrogen) atoms. The Kier molecular flexibility index (Phi) is 3.98. The minimum Gasteiger partial charge on any atom is -0.297 e. The fourth-order valence-corrected chi connectivity index (χ4v) is 9.61. The summed E-state index contributed by atoms with van der Waals surface area (Å²) >= 11 is 0. The van der Waals surface area contributed by atoms with Crippen molar-refractivity contribution in [2.24, 2.45) is 52.3 Å². The van der Waals surface area contributed by atoms with Crippen molar-refractivity contribution < 1.29 is 4.79 Å². The van der Waals surface area contributed by atoms with Crippen LogP contribution in [0.3, 0.4) is 0 Å². The molecule has 6 rings (SSSR count). The van der Waals surface area contributed by atoms with Gasteiger partial charge >= 0.3 is 0 Å². The molecule has 0 aromatic carbocycles. The maximum absolute atomic E-state index is 13.3. The average Bonchev–Trinajstić information content (AvgIpc) is 3.12. The fraction of sp³-hybridized carbons (Fsp3) is 0.846. The molecule has 0 radical (unpaired) electrons. The third-order valence-corrected chi connectivity index (χ3v) is 11.0. The number of carbonyl (C=O) groups is 1. The Morgan fingerprint density at radius 3 is 2.62 bits per heavy atom. The van der Waals surface area contributed by atoms with Crippen molar-refractivity contribution in [1.29, 1.82) is 0 Å². The summed E-state index contributed by atoms with van der Waals surface area (Å²) in [5, 5.41) is 4.38. The highest BCUT2D eigenvalue weighted by Crippen LogP contribution is 2.76. The standard InChI is InChI=1S/C26H38N2O/c1-16-13-27-28(14-16)15-24(29)22-7-6-20-18-9-11-26-12-23(26)17(2)4-5-21(26)19(18)8-10-25(20,22)3/h13-14,17-23H,4-12,15H2,1-3H3. The average molecular weight is 395 g/mol. The molecule has 0 aliphatic heterocycles. The van der Waals surface area contributed by atoms with E-state index in [1.807, 2.05) is 17.1 Å². The van der Waals surface area contributed by atoms with Gasteiger partial charge in [0.1, 0.15) is 0 Å². The van der Waals surface area contributed by atoms with Crippen molar-refractivity contribution in [3.8, 4) is 0 Å². The second kappa shape index (κ2) is 6.20. The molecule has 3 heteroatoms. The molecule has 1 aromatic heterocycles. The van der Waals surface area contributed by atoms with Crippen LogP contribution in [-0.2, 0) is 11.3 Å². The van der Waals surface area contributed by atoms with Crippen molar-refractivity contribution in [2.75, 3.05) is 0 Å². The van der Waals surface area contributed by atoms with E-state index in [9.17, 15) is 4.79 Å². The van der Waals surface area contributed by atoms with Crippen LogP contribution in [0, 0.1) is 59.2 Å². The van der Waals surface area contributed by atoms with Crippen molar-refractivity contribution in [1.82, 2.24) is 9.78 Å². The van der Waals surface area contributed by atoms with Crippen LogP contribution in [0.5, 0.6) is 0 Å². The molecule has 158 valence electrons. The quantitative estimate of drug-likeness (QED) is 0.662. The van der Waals surface area contributed by atoms with Gasteiger partial charge in [0.15, 0.2) is 5.78 Å². The number of fused-ring (bicyclic) bond motifs is 4. The lowest BCUT2D eigenvalue weighted by Crippen LogP contribution is -2.50. The van der Waals surface area contributed by atoms with Gasteiger partial charge in [0.05, 0.1) is 12.7 Å². The van der Waals surface area contributed by atoms with Gasteiger partial charge in [-0.15, -0.1) is 0 Å². The van der Waals surface area contributed by atoms with Crippen molar-refractivity contribution in [3.63, 3.8) is 0 Å². The SMILES string of the molecule is Cc1cnn(CC(=O)C2CCC3C4CCC56CC5C(C)CCC6C4CCC23C)c1. The normalized spacial score (nSPS) is 50.2. The van der Waals surface area contributed by atoms with Crippen molar-refractivity contribution in [2.45, 2.75) is 85.1 Å². The predicted molar refractivity (Wildman–Crippen MR) is 114 cm³/mol. The molecular formula is C26H38N2O. The van der Waals surface area contributed by atoms with E-state index in [0.717, 1.165) is 52.9 Å². The minimum absolute atomic E-state index is 0.246. The van der Waals surface area contributed by atoms with E-state index >= 15 is 0 Å². The molecule has 5 saturated carbocycles. The number of ketones is 1. The summed E-state index contributed by atoms with van der Waals surface area (Å²) in [5.74, 6) is 6.44. The molecular weight excluding hydrogens is 356 g/mol. The number of nitrogens with zero attached hydrogens (tertiary/aromatic N) is 2. The predicted octanol–water partition coefficient (Wildman–Crippen LogP) is 5.67. The first kappa shape index (κ1) is 18.6. The van der Waals surface area contributed by atoms with Crippen LogP contribution in [0.25, 0.3) is 0 Å². The smallest absolute Gasteiger partial charge is 0.157 e. The van der Waals surface area contributed by atoms with E-state index in [1.54, 1.807) is 6.42 Å². The van der Waals surface area contributed by atoms with Gasteiger partial charge in [0, 0.05) is 12.1 Å². The summed E-state index contributed by atoms with van der Waals surface area (Å²) in [6.45, 7) is 7.54. The molecule has 3 nitrogen and oxygen atoms in total. The number of rotatable bonds is 3. The van der Waals surface area contributed by atoms with E-state index in [2.05, 4.69) is 25.9 Å². The Morgan fingerprint density at radius 2 is 1.83 bits per heavy atom. The molecule has 5 aliphatic carbocycles. The van der Waals surface area contributed by atoms with Crippen molar-refractivity contribution in [3.05, 3.63) is 18.0 Å². The van der Waals surface area contributed by atoms with Crippen LogP contribution in [-0.4, -0.2) is 15.6 Å². The number of Topliss-reactive ketones (excluding diaryl/α,β-unsaturated/α-hetero) is 1. The van der Waals surface area contributed by atoms with Gasteiger partial charge in [-0.05, 0) is 110 Å². The number of aromatic nitrogens is 2. The zero-order valence-electron chi connectivity index (χ0n) is 18.6. The summed E-state index contributed by atoms with van der Waals surface area (Å²) in [6.07, 6.45) is 16.5. The molecule has 1 aromatic rings. The molecule has 9 atom stereocenters. The first-order valence-electron chi connectivity index (χ1n) is 12.4. The number of hydrogen-bond donors (Lipinski definition) is 0. The second-order valence-electron chi connectivity index (χ2n) is 12.0. The van der Waals surface area contributed by atoms with E-state index in [0.29, 0.717) is 12.3 Å². The maximum Gasteiger partial charge on any atom is 0.157 e. The van der Waals surface area contributed by atoms with Gasteiger partial charge in [-0.1, -0.05) is 20.3 Å². The van der Waals surface area contributed by atoms with E-state index in [4.69, 9.17) is 0 Å². The molecule has 5 aliphatic rings. The molecule has 0 amide bonds. The highest BCUT2D eigenvalue weighted by Gasteiger charge is 2.68. The Balaban J connectivity index is 1.21. The Labute approximate surface area is 176 Å². The van der Waals surface area contributed by atoms with Crippen LogP contribution < -0.4 is 0 Å². The Hall–Kier alpha value is -1.12. The topological polar surface area (TPSA) is 34.9 Å². The number of hydrogen-bond acceptors (Lipinski definition) is 2. The molecule has 5 fully saturated rings. The van der Waals surface area contributed by atoms with E-state index in [1.165, 1.54) is 44.9 Å². The molecule has 1 heterocycles. The zero-order chi connectivity index (χ0) is 20.0. The summed E-state index contributed by atoms with van der Waals surface area (Å²) in [7, 11) is 0. The second-order valence-corrected chi connectivity index (χ2v) is 12.0. The van der Waals surface area contributed by atoms with E-state index < -0.39 is 0 Å². The van der Waals surface area contributed by atoms with Gasteiger partial charge in [0.25, 0.3) is 0 Å². The summed E-state index contributed by atoms with van der Waals surface area (Å²) < 4.78 is 1.86. The lowest BCUT2D eigenvalue weighted by atomic mass is 9.48. The van der Waals surface area contributed by atoms with Crippen LogP contribution in [0.15, 0.2) is 12.4 Å². The molecule has 0 N–H and O–H groups in total. The highest BCUT2D eigenvalue weighted by molar-refractivity contribution is 5.82. The summed E-state index contributed by atoms with van der Waals surface area (Å²) in [4.78, 5) is 13.3. The van der Waals surface area contributed by atoms with Gasteiger partial charge in [0.2, 0.25) is 0 Å². The van der Waals surface area contributed by atoms with E-state index in [-0.39, 0.29) is 11.3 Å². The first-order chi connectivity index (χ1) is 13.9. The Bertz CT molecular complexity index is 828. The third-order valence-electron chi connectivity index (χ3n) is 11.0. The van der Waals surface area contributed by atoms with Crippen LogP contribution in [0.2, 0.25) is 0 Å². The molecule has 9 unspecified atom stereocenters. The number of carbonyl (C=O) groups excluding carboxylic acids is 1. The zero-order valence-corrected chi connectivity index (χ0v) is 18.6. The minimum atomic E-state index is 0.246. The fourth-order valence-electron chi connectivity index (χ4n) is 9.61. The number of aryl methyl sites for hydroxylation is 1.